The highest BCUT2D eigenvalue weighted by molar-refractivity contribution is 6.34. The number of benzene rings is 3. The Morgan fingerprint density at radius 3 is 2.18 bits per heavy atom. The molecule has 0 aromatic heterocycles. The van der Waals surface area contributed by atoms with E-state index >= 15 is 0 Å². The summed E-state index contributed by atoms with van der Waals surface area (Å²) in [7, 11) is 0. The number of anilines is 2. The Morgan fingerprint density at radius 1 is 0.912 bits per heavy atom. The molecule has 0 aliphatic carbocycles. The molecule has 7 nitrogen and oxygen atoms in total. The highest BCUT2D eigenvalue weighted by atomic mass is 35.5. The second-order valence-corrected chi connectivity index (χ2v) is 8.62. The predicted molar refractivity (Wildman–Crippen MR) is 128 cm³/mol. The molecule has 3 aromatic rings. The number of fused-ring (bicyclic) bond motifs is 1. The maximum Gasteiger partial charge on any atom is 0.261 e. The molecule has 1 saturated heterocycles. The van der Waals surface area contributed by atoms with Crippen LogP contribution in [0.3, 0.4) is 0 Å². The van der Waals surface area contributed by atoms with E-state index in [0.717, 1.165) is 12.0 Å². The molecule has 4 amide bonds. The summed E-state index contributed by atoms with van der Waals surface area (Å²) in [5.74, 6) is -0.926. The van der Waals surface area contributed by atoms with Gasteiger partial charge in [0.1, 0.15) is 0 Å². The van der Waals surface area contributed by atoms with Crippen LogP contribution in [0.5, 0.6) is 0 Å². The van der Waals surface area contributed by atoms with Gasteiger partial charge in [-0.1, -0.05) is 35.9 Å². The topological polar surface area (TPSA) is 86.8 Å². The van der Waals surface area contributed by atoms with E-state index in [9.17, 15) is 19.2 Å². The number of rotatable bonds is 5. The molecule has 2 heterocycles. The highest BCUT2D eigenvalue weighted by Gasteiger charge is 2.34. The van der Waals surface area contributed by atoms with Crippen LogP contribution in [0.15, 0.2) is 66.7 Å². The molecule has 1 fully saturated rings. The molecule has 0 saturated carbocycles. The first-order valence-corrected chi connectivity index (χ1v) is 11.3. The number of nitrogens with zero attached hydrogens (tertiary/aromatic N) is 2. The van der Waals surface area contributed by atoms with Gasteiger partial charge in [0.15, 0.2) is 0 Å². The minimum Gasteiger partial charge on any atom is -0.322 e. The van der Waals surface area contributed by atoms with Crippen LogP contribution in [0.4, 0.5) is 11.4 Å². The van der Waals surface area contributed by atoms with Crippen molar-refractivity contribution in [2.45, 2.75) is 19.4 Å². The first-order valence-electron chi connectivity index (χ1n) is 10.9. The summed E-state index contributed by atoms with van der Waals surface area (Å²) in [4.78, 5) is 52.6. The van der Waals surface area contributed by atoms with E-state index in [1.807, 2.05) is 0 Å². The Labute approximate surface area is 200 Å². The zero-order chi connectivity index (χ0) is 23.8. The van der Waals surface area contributed by atoms with Crippen LogP contribution in [0.2, 0.25) is 5.02 Å². The molecule has 34 heavy (non-hydrogen) atoms. The molecule has 170 valence electrons. The van der Waals surface area contributed by atoms with Crippen molar-refractivity contribution in [1.29, 1.82) is 0 Å². The van der Waals surface area contributed by atoms with Crippen molar-refractivity contribution in [3.05, 3.63) is 94.0 Å². The van der Waals surface area contributed by atoms with E-state index in [-0.39, 0.29) is 30.2 Å². The molecule has 1 N–H and O–H groups in total. The van der Waals surface area contributed by atoms with Crippen molar-refractivity contribution >= 4 is 46.6 Å². The molecule has 0 radical (unpaired) electrons. The largest absolute Gasteiger partial charge is 0.322 e. The van der Waals surface area contributed by atoms with Gasteiger partial charge in [-0.3, -0.25) is 24.1 Å². The second-order valence-electron chi connectivity index (χ2n) is 8.21. The summed E-state index contributed by atoms with van der Waals surface area (Å²) in [5.41, 5.74) is 3.11. The van der Waals surface area contributed by atoms with E-state index in [2.05, 4.69) is 5.32 Å². The summed E-state index contributed by atoms with van der Waals surface area (Å²) >= 11 is 6.36. The Morgan fingerprint density at radius 2 is 1.59 bits per heavy atom. The predicted octanol–water partition coefficient (Wildman–Crippen LogP) is 4.52. The van der Waals surface area contributed by atoms with Crippen molar-refractivity contribution in [1.82, 2.24) is 4.90 Å². The van der Waals surface area contributed by atoms with E-state index in [0.29, 0.717) is 46.1 Å². The first-order chi connectivity index (χ1) is 16.4. The lowest BCUT2D eigenvalue weighted by molar-refractivity contribution is -0.117. The van der Waals surface area contributed by atoms with Crippen LogP contribution in [0, 0.1) is 0 Å². The van der Waals surface area contributed by atoms with Gasteiger partial charge in [0, 0.05) is 24.2 Å². The van der Waals surface area contributed by atoms with Gasteiger partial charge in [0.2, 0.25) is 5.91 Å². The third kappa shape index (κ3) is 3.95. The number of hydrogen-bond acceptors (Lipinski definition) is 4. The highest BCUT2D eigenvalue weighted by Crippen LogP contribution is 2.32. The molecular formula is C26H20ClN3O4. The number of carbonyl (C=O) groups is 4. The quantitative estimate of drug-likeness (QED) is 0.552. The maximum absolute atomic E-state index is 12.7. The van der Waals surface area contributed by atoms with Crippen LogP contribution < -0.4 is 10.2 Å². The lowest BCUT2D eigenvalue weighted by atomic mass is 10.1. The zero-order valence-electron chi connectivity index (χ0n) is 18.1. The Hall–Kier alpha value is -3.97. The minimum absolute atomic E-state index is 0.0417. The average Bonchev–Trinajstić information content (AvgIpc) is 3.36. The van der Waals surface area contributed by atoms with Crippen molar-refractivity contribution in [3.63, 3.8) is 0 Å². The summed E-state index contributed by atoms with van der Waals surface area (Å²) < 4.78 is 0. The fraction of sp³-hybridized carbons (Fsp3) is 0.154. The van der Waals surface area contributed by atoms with Crippen LogP contribution >= 0.6 is 11.6 Å². The molecule has 3 aromatic carbocycles. The van der Waals surface area contributed by atoms with Gasteiger partial charge < -0.3 is 10.2 Å². The first kappa shape index (κ1) is 21.9. The lowest BCUT2D eigenvalue weighted by Crippen LogP contribution is -2.29. The van der Waals surface area contributed by atoms with Crippen molar-refractivity contribution in [3.8, 4) is 0 Å². The van der Waals surface area contributed by atoms with Crippen LogP contribution in [-0.4, -0.2) is 35.1 Å². The molecule has 0 spiro atoms. The number of amides is 4. The van der Waals surface area contributed by atoms with E-state index in [1.54, 1.807) is 71.6 Å². The van der Waals surface area contributed by atoms with Gasteiger partial charge in [0.25, 0.3) is 17.7 Å². The monoisotopic (exact) mass is 473 g/mol. The van der Waals surface area contributed by atoms with E-state index in [4.69, 9.17) is 11.6 Å². The number of nitrogens with one attached hydrogen (secondary N) is 1. The number of hydrogen-bond donors (Lipinski definition) is 1. The van der Waals surface area contributed by atoms with Crippen molar-refractivity contribution in [2.24, 2.45) is 0 Å². The summed E-state index contributed by atoms with van der Waals surface area (Å²) in [6.45, 7) is 0.762. The fourth-order valence-corrected chi connectivity index (χ4v) is 4.52. The van der Waals surface area contributed by atoms with Crippen molar-refractivity contribution in [2.75, 3.05) is 16.8 Å². The molecule has 2 aliphatic heterocycles. The fourth-order valence-electron chi connectivity index (χ4n) is 4.24. The minimum atomic E-state index is -0.326. The molecule has 0 bridgehead atoms. The summed E-state index contributed by atoms with van der Waals surface area (Å²) in [6.07, 6.45) is 1.31. The Bertz CT molecular complexity index is 1300. The molecule has 0 unspecified atom stereocenters. The number of carbonyl (C=O) groups excluding carboxylic acids is 4. The van der Waals surface area contributed by atoms with Gasteiger partial charge in [-0.25, -0.2) is 0 Å². The second kappa shape index (κ2) is 8.76. The van der Waals surface area contributed by atoms with Crippen LogP contribution in [0.25, 0.3) is 0 Å². The molecule has 8 heteroatoms. The normalized spacial score (nSPS) is 15.1. The van der Waals surface area contributed by atoms with Gasteiger partial charge in [0.05, 0.1) is 28.4 Å². The molecule has 5 rings (SSSR count). The number of halogens is 1. The third-order valence-electron chi connectivity index (χ3n) is 6.00. The summed E-state index contributed by atoms with van der Waals surface area (Å²) in [5, 5.41) is 3.19. The SMILES string of the molecule is O=C(Nc1ccc(N2CCCC2=O)c(Cl)c1)c1ccc(CN2C(=O)c3ccccc3C2=O)cc1. The molecular weight excluding hydrogens is 454 g/mol. The van der Waals surface area contributed by atoms with Crippen LogP contribution in [-0.2, 0) is 11.3 Å². The zero-order valence-corrected chi connectivity index (χ0v) is 18.8. The van der Waals surface area contributed by atoms with Gasteiger partial charge in [-0.15, -0.1) is 0 Å². The van der Waals surface area contributed by atoms with Crippen molar-refractivity contribution < 1.29 is 19.2 Å². The van der Waals surface area contributed by atoms with E-state index < -0.39 is 0 Å². The standard InChI is InChI=1S/C26H20ClN3O4/c27-21-14-18(11-12-22(21)29-13-3-6-23(29)31)28-24(32)17-9-7-16(8-10-17)15-30-25(33)19-4-1-2-5-20(19)26(30)34/h1-2,4-5,7-12,14H,3,6,13,15H2,(H,28,32). The van der Waals surface area contributed by atoms with Crippen LogP contribution in [0.1, 0.15) is 49.5 Å². The third-order valence-corrected chi connectivity index (χ3v) is 6.31. The Kier molecular flexibility index (Phi) is 5.63. The summed E-state index contributed by atoms with van der Waals surface area (Å²) in [6, 6.07) is 18.5. The lowest BCUT2D eigenvalue weighted by Gasteiger charge is -2.18. The smallest absolute Gasteiger partial charge is 0.261 e. The van der Waals surface area contributed by atoms with Gasteiger partial charge in [-0.05, 0) is 54.4 Å². The number of imide groups is 1. The van der Waals surface area contributed by atoms with Gasteiger partial charge in [-0.2, -0.15) is 0 Å². The Balaban J connectivity index is 1.25. The van der Waals surface area contributed by atoms with Gasteiger partial charge >= 0.3 is 0 Å². The average molecular weight is 474 g/mol. The molecule has 0 atom stereocenters. The molecule has 2 aliphatic rings. The maximum atomic E-state index is 12.7. The van der Waals surface area contributed by atoms with E-state index in [1.165, 1.54) is 4.90 Å².